The predicted octanol–water partition coefficient (Wildman–Crippen LogP) is 2.67. The molecule has 1 aliphatic heterocycles. The third-order valence-corrected chi connectivity index (χ3v) is 3.96. The number of thioether (sulfide) groups is 1. The van der Waals surface area contributed by atoms with Gasteiger partial charge >= 0.3 is 5.97 Å². The average Bonchev–Trinajstić information content (AvgIpc) is 2.17. The van der Waals surface area contributed by atoms with Crippen molar-refractivity contribution in [1.29, 1.82) is 0 Å². The van der Waals surface area contributed by atoms with Crippen LogP contribution >= 0.6 is 23.4 Å². The van der Waals surface area contributed by atoms with Gasteiger partial charge in [0.15, 0.2) is 0 Å². The lowest BCUT2D eigenvalue weighted by Crippen LogP contribution is -2.30. The first-order valence-electron chi connectivity index (χ1n) is 4.88. The maximum absolute atomic E-state index is 10.7. The summed E-state index contributed by atoms with van der Waals surface area (Å²) in [5, 5.41) is 9.86. The Morgan fingerprint density at radius 2 is 2.31 bits per heavy atom. The molecule has 3 nitrogen and oxygen atoms in total. The van der Waals surface area contributed by atoms with E-state index < -0.39 is 5.97 Å². The highest BCUT2D eigenvalue weighted by molar-refractivity contribution is 7.99. The number of carboxylic acids is 1. The molecule has 0 atom stereocenters. The number of halogens is 1. The van der Waals surface area contributed by atoms with Gasteiger partial charge in [0.25, 0.3) is 0 Å². The fourth-order valence-electron chi connectivity index (χ4n) is 1.32. The van der Waals surface area contributed by atoms with Gasteiger partial charge in [-0.05, 0) is 17.7 Å². The number of aromatic carboxylic acids is 1. The van der Waals surface area contributed by atoms with Gasteiger partial charge < -0.3 is 9.84 Å². The molecule has 0 spiro atoms. The van der Waals surface area contributed by atoms with Gasteiger partial charge in [-0.3, -0.25) is 0 Å². The standard InChI is InChI=1S/C11H11ClO3S/c12-10-3-7(11(13)14)1-2-8(10)6-16-9-4-15-5-9/h1-3,9H,4-6H2,(H,13,14). The first-order chi connectivity index (χ1) is 7.66. The second-order valence-electron chi connectivity index (χ2n) is 3.58. The van der Waals surface area contributed by atoms with Crippen molar-refractivity contribution in [1.82, 2.24) is 0 Å². The van der Waals surface area contributed by atoms with Gasteiger partial charge in [-0.15, -0.1) is 11.8 Å². The molecule has 1 aromatic carbocycles. The van der Waals surface area contributed by atoms with Crippen LogP contribution in [0.3, 0.4) is 0 Å². The van der Waals surface area contributed by atoms with Crippen LogP contribution in [0, 0.1) is 0 Å². The molecule has 1 fully saturated rings. The summed E-state index contributed by atoms with van der Waals surface area (Å²) in [6, 6.07) is 4.86. The second-order valence-corrected chi connectivity index (χ2v) is 5.28. The van der Waals surface area contributed by atoms with Crippen LogP contribution in [0.15, 0.2) is 18.2 Å². The first kappa shape index (κ1) is 11.8. The molecular formula is C11H11ClO3S. The van der Waals surface area contributed by atoms with E-state index in [1.54, 1.807) is 23.9 Å². The Bertz CT molecular complexity index is 404. The highest BCUT2D eigenvalue weighted by Crippen LogP contribution is 2.27. The van der Waals surface area contributed by atoms with Crippen LogP contribution in [-0.2, 0) is 10.5 Å². The fraction of sp³-hybridized carbons (Fsp3) is 0.364. The van der Waals surface area contributed by atoms with Crippen molar-refractivity contribution in [3.05, 3.63) is 34.3 Å². The second kappa shape index (κ2) is 5.08. The number of benzene rings is 1. The maximum atomic E-state index is 10.7. The van der Waals surface area contributed by atoms with Crippen LogP contribution in [-0.4, -0.2) is 29.5 Å². The lowest BCUT2D eigenvalue weighted by Gasteiger charge is -2.25. The van der Waals surface area contributed by atoms with Crippen molar-refractivity contribution >= 4 is 29.3 Å². The topological polar surface area (TPSA) is 46.5 Å². The van der Waals surface area contributed by atoms with Gasteiger partial charge in [0.1, 0.15) is 0 Å². The van der Waals surface area contributed by atoms with Crippen LogP contribution < -0.4 is 0 Å². The van der Waals surface area contributed by atoms with E-state index in [-0.39, 0.29) is 5.56 Å². The summed E-state index contributed by atoms with van der Waals surface area (Å²) in [6.07, 6.45) is 0. The minimum Gasteiger partial charge on any atom is -0.478 e. The summed E-state index contributed by atoms with van der Waals surface area (Å²) in [4.78, 5) is 10.7. The summed E-state index contributed by atoms with van der Waals surface area (Å²) < 4.78 is 5.07. The van der Waals surface area contributed by atoms with Crippen molar-refractivity contribution in [2.24, 2.45) is 0 Å². The van der Waals surface area contributed by atoms with E-state index in [0.717, 1.165) is 24.5 Å². The number of ether oxygens (including phenoxy) is 1. The van der Waals surface area contributed by atoms with Crippen LogP contribution in [0.1, 0.15) is 15.9 Å². The molecule has 16 heavy (non-hydrogen) atoms. The van der Waals surface area contributed by atoms with Gasteiger partial charge in [0.2, 0.25) is 0 Å². The molecule has 1 aromatic rings. The molecule has 5 heteroatoms. The van der Waals surface area contributed by atoms with Crippen molar-refractivity contribution in [3.8, 4) is 0 Å². The van der Waals surface area contributed by atoms with E-state index in [2.05, 4.69) is 0 Å². The zero-order valence-electron chi connectivity index (χ0n) is 8.48. The minimum atomic E-state index is -0.950. The van der Waals surface area contributed by atoms with Gasteiger partial charge in [-0.2, -0.15) is 0 Å². The first-order valence-corrected chi connectivity index (χ1v) is 6.30. The number of hydrogen-bond donors (Lipinski definition) is 1. The Hall–Kier alpha value is -0.710. The molecule has 1 aliphatic rings. The molecule has 0 radical (unpaired) electrons. The molecule has 0 amide bonds. The Morgan fingerprint density at radius 3 is 2.81 bits per heavy atom. The van der Waals surface area contributed by atoms with Gasteiger partial charge in [-0.1, -0.05) is 17.7 Å². The van der Waals surface area contributed by atoms with E-state index in [1.807, 2.05) is 0 Å². The maximum Gasteiger partial charge on any atom is 0.335 e. The molecule has 1 N–H and O–H groups in total. The lowest BCUT2D eigenvalue weighted by atomic mass is 10.1. The molecule has 0 unspecified atom stereocenters. The van der Waals surface area contributed by atoms with Crippen molar-refractivity contribution in [2.45, 2.75) is 11.0 Å². The number of rotatable bonds is 4. The quantitative estimate of drug-likeness (QED) is 0.902. The smallest absolute Gasteiger partial charge is 0.335 e. The largest absolute Gasteiger partial charge is 0.478 e. The molecule has 0 saturated carbocycles. The normalized spacial score (nSPS) is 15.8. The molecule has 0 aliphatic carbocycles. The molecule has 2 rings (SSSR count). The summed E-state index contributed by atoms with van der Waals surface area (Å²) in [6.45, 7) is 1.60. The van der Waals surface area contributed by atoms with Crippen LogP contribution in [0.5, 0.6) is 0 Å². The third-order valence-electron chi connectivity index (χ3n) is 2.38. The van der Waals surface area contributed by atoms with Crippen LogP contribution in [0.25, 0.3) is 0 Å². The Balaban J connectivity index is 2.00. The Morgan fingerprint density at radius 1 is 1.56 bits per heavy atom. The van der Waals surface area contributed by atoms with Crippen molar-refractivity contribution < 1.29 is 14.6 Å². The van der Waals surface area contributed by atoms with Crippen molar-refractivity contribution in [3.63, 3.8) is 0 Å². The minimum absolute atomic E-state index is 0.228. The van der Waals surface area contributed by atoms with Crippen LogP contribution in [0.4, 0.5) is 0 Å². The Kier molecular flexibility index (Phi) is 3.74. The summed E-state index contributed by atoms with van der Waals surface area (Å²) in [7, 11) is 0. The van der Waals surface area contributed by atoms with E-state index in [1.165, 1.54) is 6.07 Å². The number of hydrogen-bond acceptors (Lipinski definition) is 3. The predicted molar refractivity (Wildman–Crippen MR) is 64.3 cm³/mol. The number of carbonyl (C=O) groups is 1. The van der Waals surface area contributed by atoms with E-state index in [9.17, 15) is 4.79 Å². The lowest BCUT2D eigenvalue weighted by molar-refractivity contribution is 0.0455. The molecular weight excluding hydrogens is 248 g/mol. The van der Waals surface area contributed by atoms with Gasteiger partial charge in [0, 0.05) is 10.8 Å². The third kappa shape index (κ3) is 2.70. The summed E-state index contributed by atoms with van der Waals surface area (Å²) in [5.74, 6) is -0.152. The fourth-order valence-corrected chi connectivity index (χ4v) is 2.69. The molecule has 86 valence electrons. The van der Waals surface area contributed by atoms with Crippen molar-refractivity contribution in [2.75, 3.05) is 13.2 Å². The Labute approximate surface area is 103 Å². The molecule has 1 heterocycles. The molecule has 1 saturated heterocycles. The zero-order chi connectivity index (χ0) is 11.5. The summed E-state index contributed by atoms with van der Waals surface area (Å²) >= 11 is 7.80. The molecule has 0 aromatic heterocycles. The number of carboxylic acid groups (broad SMARTS) is 1. The van der Waals surface area contributed by atoms with E-state index in [0.29, 0.717) is 10.3 Å². The highest BCUT2D eigenvalue weighted by atomic mass is 35.5. The molecule has 0 bridgehead atoms. The van der Waals surface area contributed by atoms with Gasteiger partial charge in [-0.25, -0.2) is 4.79 Å². The van der Waals surface area contributed by atoms with Gasteiger partial charge in [0.05, 0.1) is 24.0 Å². The monoisotopic (exact) mass is 258 g/mol. The summed E-state index contributed by atoms with van der Waals surface area (Å²) in [5.41, 5.74) is 1.20. The highest BCUT2D eigenvalue weighted by Gasteiger charge is 2.19. The van der Waals surface area contributed by atoms with E-state index in [4.69, 9.17) is 21.4 Å². The zero-order valence-corrected chi connectivity index (χ0v) is 10.1. The van der Waals surface area contributed by atoms with E-state index >= 15 is 0 Å². The SMILES string of the molecule is O=C(O)c1ccc(CSC2COC2)c(Cl)c1. The van der Waals surface area contributed by atoms with Crippen LogP contribution in [0.2, 0.25) is 5.02 Å². The average molecular weight is 259 g/mol.